The minimum atomic E-state index is -0.512. The van der Waals surface area contributed by atoms with Gasteiger partial charge in [-0.1, -0.05) is 6.42 Å². The molecule has 138 valence electrons. The Morgan fingerprint density at radius 2 is 2.07 bits per heavy atom. The van der Waals surface area contributed by atoms with Crippen molar-refractivity contribution in [2.24, 2.45) is 5.92 Å². The van der Waals surface area contributed by atoms with Crippen molar-refractivity contribution in [3.05, 3.63) is 68.1 Å². The number of fused-ring (bicyclic) bond motifs is 1. The van der Waals surface area contributed by atoms with Gasteiger partial charge in [0.25, 0.3) is 5.69 Å². The van der Waals surface area contributed by atoms with Crippen LogP contribution in [-0.2, 0) is 4.74 Å². The van der Waals surface area contributed by atoms with Crippen LogP contribution in [0, 0.1) is 19.9 Å². The van der Waals surface area contributed by atoms with Gasteiger partial charge in [0.15, 0.2) is 3.83 Å². The molecule has 0 spiro atoms. The quantitative estimate of drug-likeness (QED) is 0.239. The fraction of sp³-hybridized carbons (Fsp3) is 0.278. The average Bonchev–Trinajstić information content (AvgIpc) is 2.97. The van der Waals surface area contributed by atoms with Crippen molar-refractivity contribution < 1.29 is 14.5 Å². The van der Waals surface area contributed by atoms with Crippen molar-refractivity contribution >= 4 is 39.8 Å². The number of aromatic nitrogens is 3. The third-order valence-corrected chi connectivity index (χ3v) is 5.59. The standard InChI is InChI=1S/C18H15IN4O4/c19-18-21-15(14-10-20-8-9-22(14)18)16(11-2-1-3-11)27-17(24)12-4-6-13(7-5-12)23(25)26/h4-11,16H,1-3H2. The molecule has 0 aliphatic heterocycles. The molecule has 0 radical (unpaired) electrons. The van der Waals surface area contributed by atoms with Gasteiger partial charge in [-0.05, 0) is 25.0 Å². The maximum Gasteiger partial charge on any atom is 0.338 e. The summed E-state index contributed by atoms with van der Waals surface area (Å²) in [5, 5.41) is 10.8. The molecule has 1 unspecified atom stereocenters. The van der Waals surface area contributed by atoms with Crippen LogP contribution in [0.3, 0.4) is 0 Å². The Hall–Kier alpha value is -2.56. The highest BCUT2D eigenvalue weighted by atomic mass is 127. The van der Waals surface area contributed by atoms with Crippen molar-refractivity contribution in [1.29, 1.82) is 0 Å². The lowest BCUT2D eigenvalue weighted by atomic mass is 9.80. The molecule has 27 heavy (non-hydrogen) atoms. The van der Waals surface area contributed by atoms with Crippen LogP contribution in [0.2, 0.25) is 0 Å². The number of rotatable bonds is 5. The molecular weight excluding hydrogens is 463 g/mol. The molecule has 2 heterocycles. The number of halogens is 1. The number of hydrogen-bond donors (Lipinski definition) is 0. The van der Waals surface area contributed by atoms with Crippen molar-refractivity contribution in [2.75, 3.05) is 0 Å². The molecule has 8 nitrogen and oxygen atoms in total. The van der Waals surface area contributed by atoms with E-state index in [-0.39, 0.29) is 17.2 Å². The largest absolute Gasteiger partial charge is 0.452 e. The number of benzene rings is 1. The van der Waals surface area contributed by atoms with E-state index in [1.807, 2.05) is 10.6 Å². The molecule has 3 aromatic rings. The van der Waals surface area contributed by atoms with E-state index in [2.05, 4.69) is 32.6 Å². The van der Waals surface area contributed by atoms with E-state index in [1.165, 1.54) is 24.3 Å². The zero-order chi connectivity index (χ0) is 19.0. The summed E-state index contributed by atoms with van der Waals surface area (Å²) in [6, 6.07) is 5.42. The van der Waals surface area contributed by atoms with Gasteiger partial charge in [0.2, 0.25) is 0 Å². The summed E-state index contributed by atoms with van der Waals surface area (Å²) in [5.74, 6) is -0.302. The summed E-state index contributed by atoms with van der Waals surface area (Å²) in [6.07, 6.45) is 7.78. The predicted octanol–water partition coefficient (Wildman–Crippen LogP) is 3.94. The van der Waals surface area contributed by atoms with E-state index < -0.39 is 17.0 Å². The van der Waals surface area contributed by atoms with Gasteiger partial charge in [0.1, 0.15) is 11.8 Å². The molecule has 9 heteroatoms. The van der Waals surface area contributed by atoms with Crippen molar-refractivity contribution in [2.45, 2.75) is 25.4 Å². The van der Waals surface area contributed by atoms with Gasteiger partial charge in [-0.25, -0.2) is 9.78 Å². The highest BCUT2D eigenvalue weighted by Gasteiger charge is 2.35. The number of imidazole rings is 1. The Morgan fingerprint density at radius 3 is 2.70 bits per heavy atom. The van der Waals surface area contributed by atoms with Crippen LogP contribution in [-0.4, -0.2) is 25.3 Å². The second-order valence-corrected chi connectivity index (χ2v) is 7.38. The van der Waals surface area contributed by atoms with Crippen LogP contribution < -0.4 is 0 Å². The fourth-order valence-electron chi connectivity index (χ4n) is 3.15. The number of nitrogens with zero attached hydrogens (tertiary/aromatic N) is 4. The summed E-state index contributed by atoms with van der Waals surface area (Å²) in [5.41, 5.74) is 1.73. The lowest BCUT2D eigenvalue weighted by Gasteiger charge is -2.32. The number of esters is 1. The minimum Gasteiger partial charge on any atom is -0.452 e. The van der Waals surface area contributed by atoms with E-state index >= 15 is 0 Å². The van der Waals surface area contributed by atoms with Gasteiger partial charge >= 0.3 is 5.97 Å². The van der Waals surface area contributed by atoms with Gasteiger partial charge in [-0.2, -0.15) is 0 Å². The van der Waals surface area contributed by atoms with Crippen molar-refractivity contribution in [3.63, 3.8) is 0 Å². The van der Waals surface area contributed by atoms with Crippen molar-refractivity contribution in [1.82, 2.24) is 14.4 Å². The molecular formula is C18H15IN4O4. The number of nitro benzene ring substituents is 1. The highest BCUT2D eigenvalue weighted by molar-refractivity contribution is 14.1. The van der Waals surface area contributed by atoms with E-state index in [9.17, 15) is 14.9 Å². The number of carbonyl (C=O) groups excluding carboxylic acids is 1. The molecule has 0 saturated heterocycles. The molecule has 0 amide bonds. The lowest BCUT2D eigenvalue weighted by Crippen LogP contribution is -2.25. The molecule has 1 saturated carbocycles. The van der Waals surface area contributed by atoms with Gasteiger partial charge in [0, 0.05) is 53.0 Å². The van der Waals surface area contributed by atoms with Gasteiger partial charge < -0.3 is 4.74 Å². The first-order chi connectivity index (χ1) is 13.0. The smallest absolute Gasteiger partial charge is 0.338 e. The molecule has 4 rings (SSSR count). The molecule has 1 atom stereocenters. The second-order valence-electron chi connectivity index (χ2n) is 6.42. The lowest BCUT2D eigenvalue weighted by molar-refractivity contribution is -0.384. The van der Waals surface area contributed by atoms with Crippen LogP contribution in [0.4, 0.5) is 5.69 Å². The molecule has 1 aliphatic carbocycles. The summed E-state index contributed by atoms with van der Waals surface area (Å²) in [4.78, 5) is 31.7. The van der Waals surface area contributed by atoms with Gasteiger partial charge in [-0.15, -0.1) is 0 Å². The second kappa shape index (κ2) is 7.22. The zero-order valence-electron chi connectivity index (χ0n) is 14.1. The number of hydrogen-bond acceptors (Lipinski definition) is 6. The summed E-state index contributed by atoms with van der Waals surface area (Å²) in [7, 11) is 0. The van der Waals surface area contributed by atoms with Crippen LogP contribution in [0.15, 0.2) is 42.9 Å². The first-order valence-electron chi connectivity index (χ1n) is 8.47. The molecule has 0 N–H and O–H groups in total. The third kappa shape index (κ3) is 3.38. The maximum absolute atomic E-state index is 12.7. The normalized spacial score (nSPS) is 15.3. The number of non-ortho nitro benzene ring substituents is 1. The van der Waals surface area contributed by atoms with Crippen molar-refractivity contribution in [3.8, 4) is 0 Å². The monoisotopic (exact) mass is 478 g/mol. The average molecular weight is 478 g/mol. The molecule has 1 aliphatic rings. The Kier molecular flexibility index (Phi) is 4.77. The topological polar surface area (TPSA) is 99.6 Å². The summed E-state index contributed by atoms with van der Waals surface area (Å²) in [6.45, 7) is 0. The van der Waals surface area contributed by atoms with E-state index in [1.54, 1.807) is 12.4 Å². The van der Waals surface area contributed by atoms with Crippen LogP contribution in [0.5, 0.6) is 0 Å². The summed E-state index contributed by atoms with van der Waals surface area (Å²) < 4.78 is 8.52. The zero-order valence-corrected chi connectivity index (χ0v) is 16.3. The Balaban J connectivity index is 1.64. The number of carbonyl (C=O) groups is 1. The fourth-order valence-corrected chi connectivity index (χ4v) is 3.83. The Bertz CT molecular complexity index is 1010. The molecule has 0 bridgehead atoms. The maximum atomic E-state index is 12.7. The van der Waals surface area contributed by atoms with E-state index in [0.717, 1.165) is 28.6 Å². The molecule has 1 aromatic carbocycles. The minimum absolute atomic E-state index is 0.0668. The van der Waals surface area contributed by atoms with E-state index in [4.69, 9.17) is 4.74 Å². The number of ether oxygens (including phenoxy) is 1. The Labute approximate surface area is 167 Å². The van der Waals surface area contributed by atoms with Crippen LogP contribution in [0.1, 0.15) is 41.4 Å². The van der Waals surface area contributed by atoms with Gasteiger partial charge in [0.05, 0.1) is 22.2 Å². The SMILES string of the molecule is O=C(OC(c1nc(I)n2ccncc12)C1CCC1)c1ccc([N+](=O)[O-])cc1. The van der Waals surface area contributed by atoms with Gasteiger partial charge in [-0.3, -0.25) is 19.5 Å². The first kappa shape index (κ1) is 17.8. The highest BCUT2D eigenvalue weighted by Crippen LogP contribution is 2.41. The number of nitro groups is 1. The van der Waals surface area contributed by atoms with E-state index in [0.29, 0.717) is 5.69 Å². The Morgan fingerprint density at radius 1 is 1.33 bits per heavy atom. The van der Waals surface area contributed by atoms with Crippen LogP contribution >= 0.6 is 22.6 Å². The van der Waals surface area contributed by atoms with Crippen LogP contribution in [0.25, 0.3) is 5.52 Å². The predicted molar refractivity (Wildman–Crippen MR) is 104 cm³/mol. The summed E-state index contributed by atoms with van der Waals surface area (Å²) >= 11 is 2.14. The first-order valence-corrected chi connectivity index (χ1v) is 9.55. The molecule has 2 aromatic heterocycles. The molecule has 1 fully saturated rings. The third-order valence-electron chi connectivity index (χ3n) is 4.83.